The maximum absolute atomic E-state index is 13.5. The predicted molar refractivity (Wildman–Crippen MR) is 134 cm³/mol. The van der Waals surface area contributed by atoms with E-state index in [1.165, 1.54) is 17.4 Å². The molecular formula is C26H23N3O4S. The Labute approximate surface area is 200 Å². The van der Waals surface area contributed by atoms with Crippen LogP contribution in [0.3, 0.4) is 0 Å². The molecule has 1 saturated heterocycles. The molecule has 1 fully saturated rings. The van der Waals surface area contributed by atoms with E-state index in [2.05, 4.69) is 10.3 Å². The number of nitrogens with zero attached hydrogens (tertiary/aromatic N) is 1. The van der Waals surface area contributed by atoms with Crippen molar-refractivity contribution in [1.82, 2.24) is 9.88 Å². The third-order valence-electron chi connectivity index (χ3n) is 5.92. The largest absolute Gasteiger partial charge is 0.378 e. The first-order valence-corrected chi connectivity index (χ1v) is 11.8. The van der Waals surface area contributed by atoms with E-state index in [0.29, 0.717) is 47.8 Å². The first kappa shape index (κ1) is 22.1. The summed E-state index contributed by atoms with van der Waals surface area (Å²) in [5.74, 6) is -0.565. The molecule has 34 heavy (non-hydrogen) atoms. The zero-order valence-electron chi connectivity index (χ0n) is 18.6. The predicted octanol–water partition coefficient (Wildman–Crippen LogP) is 4.29. The molecule has 2 N–H and O–H groups in total. The van der Waals surface area contributed by atoms with Crippen molar-refractivity contribution in [3.05, 3.63) is 87.7 Å². The van der Waals surface area contributed by atoms with Gasteiger partial charge in [-0.25, -0.2) is 0 Å². The van der Waals surface area contributed by atoms with E-state index in [1.807, 2.05) is 43.3 Å². The third-order valence-corrected chi connectivity index (χ3v) is 7.17. The van der Waals surface area contributed by atoms with E-state index in [0.717, 1.165) is 16.0 Å². The van der Waals surface area contributed by atoms with Gasteiger partial charge in [-0.3, -0.25) is 14.4 Å². The Balaban J connectivity index is 1.59. The quantitative estimate of drug-likeness (QED) is 0.463. The molecule has 7 nitrogen and oxygen atoms in total. The second-order valence-corrected chi connectivity index (χ2v) is 9.10. The summed E-state index contributed by atoms with van der Waals surface area (Å²) in [6.45, 7) is 3.88. The van der Waals surface area contributed by atoms with Crippen molar-refractivity contribution in [2.24, 2.45) is 0 Å². The summed E-state index contributed by atoms with van der Waals surface area (Å²) < 4.78 is 5.40. The topological polar surface area (TPSA) is 91.5 Å². The number of carbonyl (C=O) groups is 2. The number of para-hydroxylation sites is 1. The molecule has 0 aliphatic carbocycles. The van der Waals surface area contributed by atoms with Crippen LogP contribution in [0.15, 0.2) is 65.5 Å². The number of fused-ring (bicyclic) bond motifs is 1. The van der Waals surface area contributed by atoms with Crippen LogP contribution in [0.4, 0.5) is 5.00 Å². The van der Waals surface area contributed by atoms with Crippen LogP contribution in [0.5, 0.6) is 0 Å². The molecule has 0 atom stereocenters. The maximum atomic E-state index is 13.5. The third kappa shape index (κ3) is 4.13. The Hall–Kier alpha value is -3.75. The Morgan fingerprint density at radius 3 is 2.50 bits per heavy atom. The molecule has 2 amide bonds. The number of hydrogen-bond acceptors (Lipinski definition) is 5. The zero-order chi connectivity index (χ0) is 23.7. The van der Waals surface area contributed by atoms with Crippen molar-refractivity contribution in [3.63, 3.8) is 0 Å². The SMILES string of the molecule is Cc1c(-c2ccccc2)sc(NC(=O)c2cc(=O)[nH]c3ccccc23)c1C(=O)N1CCOCC1. The smallest absolute Gasteiger partial charge is 0.257 e. The van der Waals surface area contributed by atoms with Gasteiger partial charge in [-0.15, -0.1) is 11.3 Å². The lowest BCUT2D eigenvalue weighted by molar-refractivity contribution is 0.0303. The van der Waals surface area contributed by atoms with Gasteiger partial charge in [0.05, 0.1) is 24.3 Å². The normalized spacial score (nSPS) is 13.7. The van der Waals surface area contributed by atoms with E-state index in [4.69, 9.17) is 4.74 Å². The molecule has 2 aromatic carbocycles. The number of anilines is 1. The monoisotopic (exact) mass is 473 g/mol. The zero-order valence-corrected chi connectivity index (χ0v) is 19.4. The van der Waals surface area contributed by atoms with Crippen LogP contribution in [0, 0.1) is 6.92 Å². The fraction of sp³-hybridized carbons (Fsp3) is 0.192. The summed E-state index contributed by atoms with van der Waals surface area (Å²) in [6.07, 6.45) is 0. The van der Waals surface area contributed by atoms with Gasteiger partial charge in [0.1, 0.15) is 5.00 Å². The Morgan fingerprint density at radius 2 is 1.74 bits per heavy atom. The average molecular weight is 474 g/mol. The first-order chi connectivity index (χ1) is 16.5. The van der Waals surface area contributed by atoms with Gasteiger partial charge in [0.15, 0.2) is 0 Å². The van der Waals surface area contributed by atoms with Gasteiger partial charge in [-0.2, -0.15) is 0 Å². The van der Waals surface area contributed by atoms with Gasteiger partial charge in [-0.05, 0) is 24.1 Å². The number of benzene rings is 2. The van der Waals surface area contributed by atoms with E-state index < -0.39 is 5.91 Å². The highest BCUT2D eigenvalue weighted by atomic mass is 32.1. The highest BCUT2D eigenvalue weighted by Gasteiger charge is 2.28. The highest BCUT2D eigenvalue weighted by Crippen LogP contribution is 2.41. The van der Waals surface area contributed by atoms with Crippen molar-refractivity contribution in [2.75, 3.05) is 31.6 Å². The lowest BCUT2D eigenvalue weighted by atomic mass is 10.0. The van der Waals surface area contributed by atoms with Gasteiger partial charge >= 0.3 is 0 Å². The van der Waals surface area contributed by atoms with Crippen LogP contribution in [0.1, 0.15) is 26.3 Å². The van der Waals surface area contributed by atoms with Gasteiger partial charge in [0.25, 0.3) is 11.8 Å². The molecule has 4 aromatic rings. The molecule has 5 rings (SSSR count). The van der Waals surface area contributed by atoms with Crippen LogP contribution in [0.25, 0.3) is 21.3 Å². The summed E-state index contributed by atoms with van der Waals surface area (Å²) in [6, 6.07) is 18.2. The van der Waals surface area contributed by atoms with E-state index in [-0.39, 0.29) is 17.0 Å². The number of pyridine rings is 1. The molecule has 8 heteroatoms. The average Bonchev–Trinajstić information content (AvgIpc) is 3.19. The van der Waals surface area contributed by atoms with E-state index in [9.17, 15) is 14.4 Å². The summed E-state index contributed by atoms with van der Waals surface area (Å²) >= 11 is 1.37. The van der Waals surface area contributed by atoms with Crippen LogP contribution >= 0.6 is 11.3 Å². The molecule has 0 bridgehead atoms. The number of carbonyl (C=O) groups excluding carboxylic acids is 2. The molecule has 2 aromatic heterocycles. The summed E-state index contributed by atoms with van der Waals surface area (Å²) in [7, 11) is 0. The number of morpholine rings is 1. The number of ether oxygens (including phenoxy) is 1. The van der Waals surface area contributed by atoms with Crippen LogP contribution in [-0.2, 0) is 4.74 Å². The van der Waals surface area contributed by atoms with Crippen LogP contribution in [0.2, 0.25) is 0 Å². The van der Waals surface area contributed by atoms with Gasteiger partial charge < -0.3 is 19.9 Å². The number of hydrogen-bond donors (Lipinski definition) is 2. The molecule has 0 unspecified atom stereocenters. The number of aromatic amines is 1. The number of amides is 2. The maximum Gasteiger partial charge on any atom is 0.257 e. The number of aromatic nitrogens is 1. The van der Waals surface area contributed by atoms with Gasteiger partial charge in [-0.1, -0.05) is 48.5 Å². The molecular weight excluding hydrogens is 450 g/mol. The van der Waals surface area contributed by atoms with E-state index >= 15 is 0 Å². The Bertz CT molecular complexity index is 1440. The first-order valence-electron chi connectivity index (χ1n) is 11.0. The number of thiophene rings is 1. The number of nitrogens with one attached hydrogen (secondary N) is 2. The lowest BCUT2D eigenvalue weighted by Crippen LogP contribution is -2.41. The second kappa shape index (κ2) is 9.24. The van der Waals surface area contributed by atoms with Crippen molar-refractivity contribution < 1.29 is 14.3 Å². The molecule has 172 valence electrons. The van der Waals surface area contributed by atoms with Crippen molar-refractivity contribution in [1.29, 1.82) is 0 Å². The summed E-state index contributed by atoms with van der Waals surface area (Å²) in [5.41, 5.74) is 2.75. The molecule has 1 aliphatic rings. The van der Waals surface area contributed by atoms with E-state index in [1.54, 1.807) is 23.1 Å². The van der Waals surface area contributed by atoms with Crippen molar-refractivity contribution >= 4 is 39.1 Å². The molecule has 3 heterocycles. The van der Waals surface area contributed by atoms with Crippen LogP contribution in [-0.4, -0.2) is 48.0 Å². The molecule has 0 saturated carbocycles. The number of rotatable bonds is 4. The second-order valence-electron chi connectivity index (χ2n) is 8.08. The fourth-order valence-corrected chi connectivity index (χ4v) is 5.41. The lowest BCUT2D eigenvalue weighted by Gasteiger charge is -2.27. The Kier molecular flexibility index (Phi) is 6.00. The fourth-order valence-electron chi connectivity index (χ4n) is 4.21. The van der Waals surface area contributed by atoms with Crippen molar-refractivity contribution in [2.45, 2.75) is 6.92 Å². The standard InChI is InChI=1S/C26H23N3O4S/c1-16-22(26(32)29-11-13-33-14-12-29)25(34-23(16)17-7-3-2-4-8-17)28-24(31)19-15-21(30)27-20-10-6-5-9-18(19)20/h2-10,15H,11-14H2,1H3,(H,27,30)(H,28,31). The number of H-pyrrole nitrogens is 1. The molecule has 1 aliphatic heterocycles. The summed E-state index contributed by atoms with van der Waals surface area (Å²) in [4.78, 5) is 44.5. The molecule has 0 spiro atoms. The highest BCUT2D eigenvalue weighted by molar-refractivity contribution is 7.20. The van der Waals surface area contributed by atoms with Gasteiger partial charge in [0, 0.05) is 34.9 Å². The minimum atomic E-state index is -0.431. The van der Waals surface area contributed by atoms with Gasteiger partial charge in [0.2, 0.25) is 5.56 Å². The molecule has 0 radical (unpaired) electrons. The Morgan fingerprint density at radius 1 is 1.03 bits per heavy atom. The summed E-state index contributed by atoms with van der Waals surface area (Å²) in [5, 5.41) is 4.06. The minimum Gasteiger partial charge on any atom is -0.378 e. The van der Waals surface area contributed by atoms with Crippen molar-refractivity contribution in [3.8, 4) is 10.4 Å². The minimum absolute atomic E-state index is 0.134. The van der Waals surface area contributed by atoms with Crippen LogP contribution < -0.4 is 10.9 Å².